The van der Waals surface area contributed by atoms with Crippen LogP contribution < -0.4 is 16.0 Å². The summed E-state index contributed by atoms with van der Waals surface area (Å²) in [5, 5.41) is 8.00. The van der Waals surface area contributed by atoms with Gasteiger partial charge in [0.25, 0.3) is 0 Å². The van der Waals surface area contributed by atoms with Crippen LogP contribution in [0.5, 0.6) is 0 Å². The maximum absolute atomic E-state index is 12.4. The van der Waals surface area contributed by atoms with Crippen LogP contribution in [-0.4, -0.2) is 25.5 Å². The Morgan fingerprint density at radius 1 is 0.923 bits per heavy atom. The largest absolute Gasteiger partial charge is 0.341 e. The summed E-state index contributed by atoms with van der Waals surface area (Å²) in [7, 11) is 1.48. The van der Waals surface area contributed by atoms with Crippen LogP contribution in [0, 0.1) is 0 Å². The first-order valence-electron chi connectivity index (χ1n) is 8.91. The third-order valence-corrected chi connectivity index (χ3v) is 4.27. The van der Waals surface area contributed by atoms with E-state index >= 15 is 0 Å². The molecule has 1 atom stereocenters. The zero-order chi connectivity index (χ0) is 18.9. The van der Waals surface area contributed by atoms with Gasteiger partial charge in [-0.3, -0.25) is 10.1 Å². The Bertz CT molecular complexity index is 712. The molecule has 0 heterocycles. The first-order chi connectivity index (χ1) is 12.5. The van der Waals surface area contributed by atoms with Gasteiger partial charge in [0, 0.05) is 13.6 Å². The van der Waals surface area contributed by atoms with Crippen LogP contribution in [0.2, 0.25) is 0 Å². The summed E-state index contributed by atoms with van der Waals surface area (Å²) in [5.41, 5.74) is 3.35. The number of carbonyl (C=O) groups is 2. The van der Waals surface area contributed by atoms with Gasteiger partial charge >= 0.3 is 6.03 Å². The Hall–Kier alpha value is -2.66. The highest BCUT2D eigenvalue weighted by Crippen LogP contribution is 2.16. The molecule has 2 aromatic rings. The molecule has 0 aromatic heterocycles. The van der Waals surface area contributed by atoms with E-state index < -0.39 is 12.1 Å². The molecule has 0 saturated heterocycles. The minimum Gasteiger partial charge on any atom is -0.341 e. The highest BCUT2D eigenvalue weighted by molar-refractivity contribution is 5.97. The molecule has 0 aliphatic carbocycles. The molecular formula is C21H27N3O2. The van der Waals surface area contributed by atoms with E-state index in [0.29, 0.717) is 12.5 Å². The fourth-order valence-electron chi connectivity index (χ4n) is 2.68. The number of urea groups is 1. The molecule has 138 valence electrons. The molecule has 0 radical (unpaired) electrons. The number of amides is 3. The summed E-state index contributed by atoms with van der Waals surface area (Å²) in [6.07, 6.45) is 0.801. The Balaban J connectivity index is 2.00. The monoisotopic (exact) mass is 353 g/mol. The average Bonchev–Trinajstić information content (AvgIpc) is 2.66. The van der Waals surface area contributed by atoms with E-state index in [1.807, 2.05) is 30.3 Å². The molecule has 26 heavy (non-hydrogen) atoms. The van der Waals surface area contributed by atoms with Crippen LogP contribution in [0.1, 0.15) is 42.5 Å². The van der Waals surface area contributed by atoms with E-state index in [-0.39, 0.29) is 5.91 Å². The van der Waals surface area contributed by atoms with E-state index in [9.17, 15) is 9.59 Å². The smallest absolute Gasteiger partial charge is 0.321 e. The molecule has 0 spiro atoms. The fourth-order valence-corrected chi connectivity index (χ4v) is 2.68. The lowest BCUT2D eigenvalue weighted by molar-refractivity contribution is -0.122. The van der Waals surface area contributed by atoms with E-state index in [0.717, 1.165) is 12.0 Å². The lowest BCUT2D eigenvalue weighted by atomic mass is 10.0. The van der Waals surface area contributed by atoms with Crippen LogP contribution in [0.15, 0.2) is 54.6 Å². The maximum atomic E-state index is 12.4. The van der Waals surface area contributed by atoms with Crippen molar-refractivity contribution in [3.05, 3.63) is 71.3 Å². The van der Waals surface area contributed by atoms with E-state index in [4.69, 9.17) is 0 Å². The summed E-state index contributed by atoms with van der Waals surface area (Å²) < 4.78 is 0. The van der Waals surface area contributed by atoms with Gasteiger partial charge in [0.15, 0.2) is 0 Å². The molecule has 0 fully saturated rings. The Labute approximate surface area is 155 Å². The molecule has 0 aliphatic heterocycles. The van der Waals surface area contributed by atoms with Crippen molar-refractivity contribution in [3.8, 4) is 0 Å². The number of imide groups is 1. The van der Waals surface area contributed by atoms with Crippen molar-refractivity contribution in [3.63, 3.8) is 0 Å². The Kier molecular flexibility index (Phi) is 7.36. The lowest BCUT2D eigenvalue weighted by Crippen LogP contribution is -2.44. The second-order valence-corrected chi connectivity index (χ2v) is 6.51. The number of nitrogens with one attached hydrogen (secondary N) is 3. The molecule has 2 rings (SSSR count). The minimum absolute atomic E-state index is 0.370. The predicted octanol–water partition coefficient (Wildman–Crippen LogP) is 3.14. The normalized spacial score (nSPS) is 11.8. The van der Waals surface area contributed by atoms with Crippen molar-refractivity contribution in [1.29, 1.82) is 0 Å². The third-order valence-electron chi connectivity index (χ3n) is 4.27. The Morgan fingerprint density at radius 3 is 2.15 bits per heavy atom. The first-order valence-corrected chi connectivity index (χ1v) is 8.91. The Morgan fingerprint density at radius 2 is 1.58 bits per heavy atom. The molecule has 0 aliphatic rings. The number of benzene rings is 2. The highest BCUT2D eigenvalue weighted by Gasteiger charge is 2.21. The second-order valence-electron chi connectivity index (χ2n) is 6.51. The molecule has 3 N–H and O–H groups in total. The summed E-state index contributed by atoms with van der Waals surface area (Å²) in [4.78, 5) is 23.9. The molecule has 0 unspecified atom stereocenters. The summed E-state index contributed by atoms with van der Waals surface area (Å²) in [6, 6.07) is 16.8. The van der Waals surface area contributed by atoms with Crippen LogP contribution in [0.4, 0.5) is 4.79 Å². The van der Waals surface area contributed by atoms with Crippen LogP contribution in [0.25, 0.3) is 0 Å². The third kappa shape index (κ3) is 5.70. The number of rotatable bonds is 7. The number of hydrogen-bond donors (Lipinski definition) is 3. The summed E-state index contributed by atoms with van der Waals surface area (Å²) in [6.45, 7) is 4.97. The van der Waals surface area contributed by atoms with Crippen molar-refractivity contribution in [1.82, 2.24) is 16.0 Å². The van der Waals surface area contributed by atoms with Crippen molar-refractivity contribution in [2.24, 2.45) is 0 Å². The van der Waals surface area contributed by atoms with E-state index in [1.165, 1.54) is 18.2 Å². The lowest BCUT2D eigenvalue weighted by Gasteiger charge is -2.18. The zero-order valence-corrected chi connectivity index (χ0v) is 15.6. The summed E-state index contributed by atoms with van der Waals surface area (Å²) >= 11 is 0. The van der Waals surface area contributed by atoms with Gasteiger partial charge in [-0.25, -0.2) is 4.79 Å². The van der Waals surface area contributed by atoms with Gasteiger partial charge < -0.3 is 10.6 Å². The number of carbonyl (C=O) groups excluding carboxylic acids is 2. The molecular weight excluding hydrogens is 326 g/mol. The van der Waals surface area contributed by atoms with Gasteiger partial charge in [-0.05, 0) is 29.0 Å². The van der Waals surface area contributed by atoms with Gasteiger partial charge in [-0.15, -0.1) is 0 Å². The van der Waals surface area contributed by atoms with Crippen molar-refractivity contribution in [2.45, 2.75) is 32.2 Å². The van der Waals surface area contributed by atoms with Crippen LogP contribution in [-0.2, 0) is 11.2 Å². The van der Waals surface area contributed by atoms with Crippen LogP contribution >= 0.6 is 0 Å². The van der Waals surface area contributed by atoms with Gasteiger partial charge in [-0.1, -0.05) is 68.4 Å². The van der Waals surface area contributed by atoms with Crippen molar-refractivity contribution >= 4 is 11.9 Å². The van der Waals surface area contributed by atoms with Crippen molar-refractivity contribution < 1.29 is 9.59 Å². The summed E-state index contributed by atoms with van der Waals surface area (Å²) in [5.74, 6) is 0.142. The molecule has 0 saturated carbocycles. The topological polar surface area (TPSA) is 70.2 Å². The zero-order valence-electron chi connectivity index (χ0n) is 15.6. The molecule has 5 heteroatoms. The first kappa shape index (κ1) is 19.7. The SMILES string of the molecule is CNC(=O)NC(=O)[C@@H](NCCc1ccc(C(C)C)cc1)c1ccccc1. The van der Waals surface area contributed by atoms with E-state index in [1.54, 1.807) is 0 Å². The van der Waals surface area contributed by atoms with Gasteiger partial charge in [-0.2, -0.15) is 0 Å². The van der Waals surface area contributed by atoms with E-state index in [2.05, 4.69) is 54.1 Å². The van der Waals surface area contributed by atoms with Crippen molar-refractivity contribution in [2.75, 3.05) is 13.6 Å². The van der Waals surface area contributed by atoms with Crippen LogP contribution in [0.3, 0.4) is 0 Å². The highest BCUT2D eigenvalue weighted by atomic mass is 16.2. The van der Waals surface area contributed by atoms with Gasteiger partial charge in [0.2, 0.25) is 5.91 Å². The molecule has 0 bridgehead atoms. The molecule has 3 amide bonds. The fraction of sp³-hybridized carbons (Fsp3) is 0.333. The van der Waals surface area contributed by atoms with Gasteiger partial charge in [0.05, 0.1) is 0 Å². The van der Waals surface area contributed by atoms with Gasteiger partial charge in [0.1, 0.15) is 6.04 Å². The number of hydrogen-bond acceptors (Lipinski definition) is 3. The molecule has 5 nitrogen and oxygen atoms in total. The second kappa shape index (κ2) is 9.73. The average molecular weight is 353 g/mol. The maximum Gasteiger partial charge on any atom is 0.321 e. The molecule has 2 aromatic carbocycles. The standard InChI is InChI=1S/C21H27N3O2/c1-15(2)17-11-9-16(10-12-17)13-14-23-19(18-7-5-4-6-8-18)20(25)24-21(26)22-3/h4-12,15,19,23H,13-14H2,1-3H3,(H2,22,24,25,26)/t19-/m0/s1. The quantitative estimate of drug-likeness (QED) is 0.716. The predicted molar refractivity (Wildman–Crippen MR) is 104 cm³/mol. The minimum atomic E-state index is -0.580.